The fourth-order valence-electron chi connectivity index (χ4n) is 2.98. The summed E-state index contributed by atoms with van der Waals surface area (Å²) in [5, 5.41) is 7.83. The lowest BCUT2D eigenvalue weighted by Crippen LogP contribution is -2.17. The molecule has 0 spiro atoms. The number of pyridine rings is 1. The van der Waals surface area contributed by atoms with Gasteiger partial charge in [-0.15, -0.1) is 0 Å². The Bertz CT molecular complexity index is 1350. The quantitative estimate of drug-likeness (QED) is 0.507. The normalized spacial score (nSPS) is 11.4. The fraction of sp³-hybridized carbons (Fsp3) is 0.0500. The average Bonchev–Trinajstić information content (AvgIpc) is 3.17. The molecule has 0 fully saturated rings. The van der Waals surface area contributed by atoms with Crippen molar-refractivity contribution >= 4 is 32.7 Å². The first-order valence-electron chi connectivity index (χ1n) is 8.77. The molecule has 0 bridgehead atoms. The van der Waals surface area contributed by atoms with Gasteiger partial charge in [0, 0.05) is 0 Å². The molecule has 0 radical (unpaired) electrons. The molecular weight excluding hydrogens is 406 g/mol. The number of hydrogen-bond acceptors (Lipinski definition) is 6. The fourth-order valence-corrected chi connectivity index (χ4v) is 3.52. The summed E-state index contributed by atoms with van der Waals surface area (Å²) in [5.41, 5.74) is 2.22. The second-order valence-electron chi connectivity index (χ2n) is 6.37. The van der Waals surface area contributed by atoms with Crippen molar-refractivity contribution in [2.75, 3.05) is 12.4 Å². The summed E-state index contributed by atoms with van der Waals surface area (Å²) in [4.78, 5) is 21.2. The third kappa shape index (κ3) is 3.73. The smallest absolute Gasteiger partial charge is 0.259 e. The second kappa shape index (κ2) is 7.58. The molecule has 0 saturated carbocycles. The minimum Gasteiger partial charge on any atom is -0.496 e. The Morgan fingerprint density at radius 3 is 2.60 bits per heavy atom. The van der Waals surface area contributed by atoms with Crippen molar-refractivity contribution in [3.8, 4) is 11.6 Å². The SMILES string of the molecule is COc1ccc(S(N)(=O)=O)cc1C(=O)Nc1ccc(-n2cnc3ccccc32)nc1. The van der Waals surface area contributed by atoms with E-state index < -0.39 is 15.9 Å². The zero-order chi connectivity index (χ0) is 21.3. The molecular formula is C20H17N5O4S. The van der Waals surface area contributed by atoms with E-state index in [-0.39, 0.29) is 16.2 Å². The number of fused-ring (bicyclic) bond motifs is 1. The maximum atomic E-state index is 12.7. The number of sulfonamides is 1. The molecule has 2 aromatic carbocycles. The van der Waals surface area contributed by atoms with Crippen LogP contribution in [-0.2, 0) is 10.0 Å². The van der Waals surface area contributed by atoms with Gasteiger partial charge in [0.1, 0.15) is 17.9 Å². The van der Waals surface area contributed by atoms with Crippen molar-refractivity contribution in [1.82, 2.24) is 14.5 Å². The van der Waals surface area contributed by atoms with Gasteiger partial charge < -0.3 is 10.1 Å². The Hall–Kier alpha value is -3.76. The molecule has 0 aliphatic heterocycles. The number of carbonyl (C=O) groups excluding carboxylic acids is 1. The maximum absolute atomic E-state index is 12.7. The molecule has 1 amide bonds. The summed E-state index contributed by atoms with van der Waals surface area (Å²) in [6.07, 6.45) is 3.17. The van der Waals surface area contributed by atoms with Gasteiger partial charge in [0.25, 0.3) is 5.91 Å². The Morgan fingerprint density at radius 1 is 1.10 bits per heavy atom. The van der Waals surface area contributed by atoms with Gasteiger partial charge in [0.05, 0.1) is 40.5 Å². The highest BCUT2D eigenvalue weighted by atomic mass is 32.2. The van der Waals surface area contributed by atoms with Crippen LogP contribution in [0.1, 0.15) is 10.4 Å². The summed E-state index contributed by atoms with van der Waals surface area (Å²) in [7, 11) is -2.58. The van der Waals surface area contributed by atoms with Gasteiger partial charge in [-0.3, -0.25) is 9.36 Å². The van der Waals surface area contributed by atoms with Crippen LogP contribution in [0.5, 0.6) is 5.75 Å². The van der Waals surface area contributed by atoms with Gasteiger partial charge in [-0.1, -0.05) is 12.1 Å². The lowest BCUT2D eigenvalue weighted by Gasteiger charge is -2.11. The first-order chi connectivity index (χ1) is 14.4. The van der Waals surface area contributed by atoms with Gasteiger partial charge in [-0.25, -0.2) is 23.5 Å². The van der Waals surface area contributed by atoms with Gasteiger partial charge in [0.15, 0.2) is 0 Å². The molecule has 4 rings (SSSR count). The molecule has 2 heterocycles. The predicted octanol–water partition coefficient (Wildman–Crippen LogP) is 2.33. The van der Waals surface area contributed by atoms with Crippen LogP contribution in [0.25, 0.3) is 16.9 Å². The Labute approximate surface area is 172 Å². The maximum Gasteiger partial charge on any atom is 0.259 e. The van der Waals surface area contributed by atoms with Crippen LogP contribution >= 0.6 is 0 Å². The van der Waals surface area contributed by atoms with E-state index in [1.807, 2.05) is 28.8 Å². The standard InChI is InChI=1S/C20H17N5O4S/c1-29-18-8-7-14(30(21,27)28)10-15(18)20(26)24-13-6-9-19(22-11-13)25-12-23-16-4-2-3-5-17(16)25/h2-12H,1H3,(H,24,26)(H2,21,27,28). The highest BCUT2D eigenvalue weighted by Gasteiger charge is 2.18. The number of nitrogens with two attached hydrogens (primary N) is 1. The summed E-state index contributed by atoms with van der Waals surface area (Å²) < 4.78 is 30.2. The molecule has 2 aromatic heterocycles. The van der Waals surface area contributed by atoms with Crippen LogP contribution < -0.4 is 15.2 Å². The molecule has 0 atom stereocenters. The number of para-hydroxylation sites is 2. The first kappa shape index (κ1) is 19.6. The van der Waals surface area contributed by atoms with E-state index in [2.05, 4.69) is 15.3 Å². The number of primary sulfonamides is 1. The van der Waals surface area contributed by atoms with Crippen LogP contribution in [0.3, 0.4) is 0 Å². The van der Waals surface area contributed by atoms with Crippen molar-refractivity contribution in [3.05, 3.63) is 72.7 Å². The van der Waals surface area contributed by atoms with Gasteiger partial charge >= 0.3 is 0 Å². The number of rotatable bonds is 5. The van der Waals surface area contributed by atoms with Gasteiger partial charge in [0.2, 0.25) is 10.0 Å². The van der Waals surface area contributed by atoms with Crippen molar-refractivity contribution in [1.29, 1.82) is 0 Å². The highest BCUT2D eigenvalue weighted by molar-refractivity contribution is 7.89. The van der Waals surface area contributed by atoms with Crippen molar-refractivity contribution < 1.29 is 17.9 Å². The van der Waals surface area contributed by atoms with Gasteiger partial charge in [-0.2, -0.15) is 0 Å². The van der Waals surface area contributed by atoms with Crippen molar-refractivity contribution in [2.24, 2.45) is 5.14 Å². The number of methoxy groups -OCH3 is 1. The predicted molar refractivity (Wildman–Crippen MR) is 111 cm³/mol. The molecule has 4 aromatic rings. The van der Waals surface area contributed by atoms with E-state index >= 15 is 0 Å². The van der Waals surface area contributed by atoms with E-state index in [9.17, 15) is 13.2 Å². The molecule has 0 aliphatic rings. The number of ether oxygens (including phenoxy) is 1. The second-order valence-corrected chi connectivity index (χ2v) is 7.93. The molecule has 0 unspecified atom stereocenters. The van der Waals surface area contributed by atoms with Crippen LogP contribution in [-0.4, -0.2) is 36.0 Å². The minimum atomic E-state index is -3.96. The number of nitrogens with one attached hydrogen (secondary N) is 1. The molecule has 0 aliphatic carbocycles. The number of anilines is 1. The molecule has 9 nitrogen and oxygen atoms in total. The van der Waals surface area contributed by atoms with E-state index in [1.165, 1.54) is 31.5 Å². The number of benzene rings is 2. The number of aromatic nitrogens is 3. The molecule has 0 saturated heterocycles. The number of imidazole rings is 1. The number of carbonyl (C=O) groups is 1. The lowest BCUT2D eigenvalue weighted by atomic mass is 10.2. The summed E-state index contributed by atoms with van der Waals surface area (Å²) in [6.45, 7) is 0. The van der Waals surface area contributed by atoms with Crippen molar-refractivity contribution in [3.63, 3.8) is 0 Å². The van der Waals surface area contributed by atoms with Crippen LogP contribution in [0.15, 0.2) is 72.0 Å². The first-order valence-corrected chi connectivity index (χ1v) is 10.3. The zero-order valence-corrected chi connectivity index (χ0v) is 16.6. The molecule has 3 N–H and O–H groups in total. The number of hydrogen-bond donors (Lipinski definition) is 2. The van der Waals surface area contributed by atoms with E-state index in [0.29, 0.717) is 11.5 Å². The lowest BCUT2D eigenvalue weighted by molar-refractivity contribution is 0.102. The van der Waals surface area contributed by atoms with Crippen LogP contribution in [0, 0.1) is 0 Å². The Kier molecular flexibility index (Phi) is 4.94. The van der Waals surface area contributed by atoms with Crippen LogP contribution in [0.2, 0.25) is 0 Å². The summed E-state index contributed by atoms with van der Waals surface area (Å²) in [6, 6.07) is 14.9. The highest BCUT2D eigenvalue weighted by Crippen LogP contribution is 2.23. The summed E-state index contributed by atoms with van der Waals surface area (Å²) in [5.74, 6) is 0.296. The largest absolute Gasteiger partial charge is 0.496 e. The Morgan fingerprint density at radius 2 is 1.90 bits per heavy atom. The average molecular weight is 423 g/mol. The van der Waals surface area contributed by atoms with Crippen LogP contribution in [0.4, 0.5) is 5.69 Å². The third-order valence-corrected chi connectivity index (χ3v) is 5.36. The monoisotopic (exact) mass is 423 g/mol. The third-order valence-electron chi connectivity index (χ3n) is 4.45. The minimum absolute atomic E-state index is 0.0358. The number of amides is 1. The van der Waals surface area contributed by atoms with E-state index in [4.69, 9.17) is 9.88 Å². The topological polar surface area (TPSA) is 129 Å². The Balaban J connectivity index is 1.60. The zero-order valence-electron chi connectivity index (χ0n) is 15.8. The van der Waals surface area contributed by atoms with E-state index in [1.54, 1.807) is 18.5 Å². The molecule has 152 valence electrons. The van der Waals surface area contributed by atoms with Crippen molar-refractivity contribution in [2.45, 2.75) is 4.90 Å². The molecule has 10 heteroatoms. The van der Waals surface area contributed by atoms with E-state index in [0.717, 1.165) is 11.0 Å². The summed E-state index contributed by atoms with van der Waals surface area (Å²) >= 11 is 0. The van der Waals surface area contributed by atoms with Gasteiger partial charge in [-0.05, 0) is 42.5 Å². The number of nitrogens with zero attached hydrogens (tertiary/aromatic N) is 3. The molecule has 30 heavy (non-hydrogen) atoms.